The molecule has 1 amide bonds. The van der Waals surface area contributed by atoms with Crippen molar-refractivity contribution in [3.8, 4) is 0 Å². The predicted molar refractivity (Wildman–Crippen MR) is 143 cm³/mol. The first-order valence-corrected chi connectivity index (χ1v) is 13.2. The van der Waals surface area contributed by atoms with Crippen LogP contribution in [0, 0.1) is 10.1 Å². The second-order valence-corrected chi connectivity index (χ2v) is 10.5. The summed E-state index contributed by atoms with van der Waals surface area (Å²) in [5.41, 5.74) is 4.12. The summed E-state index contributed by atoms with van der Waals surface area (Å²) in [5, 5.41) is 25.7. The highest BCUT2D eigenvalue weighted by Gasteiger charge is 2.10. The number of allylic oxidation sites excluding steroid dienone is 1. The summed E-state index contributed by atoms with van der Waals surface area (Å²) in [5.74, 6) is 0.647. The Morgan fingerprint density at radius 3 is 2.63 bits per heavy atom. The van der Waals surface area contributed by atoms with Gasteiger partial charge in [0.15, 0.2) is 8.68 Å². The molecule has 0 saturated heterocycles. The number of thioether (sulfide) groups is 2. The van der Waals surface area contributed by atoms with Gasteiger partial charge in [-0.25, -0.2) is 5.43 Å². The SMILES string of the molecule is O=C(CSc1nnc(SCc2cccc3ccccc23)s1)NN=C/C=C/c1ccccc1[N+](=O)[O-]. The van der Waals surface area contributed by atoms with Gasteiger partial charge in [-0.2, -0.15) is 5.10 Å². The summed E-state index contributed by atoms with van der Waals surface area (Å²) in [4.78, 5) is 22.6. The first-order chi connectivity index (χ1) is 17.1. The number of para-hydroxylation sites is 1. The van der Waals surface area contributed by atoms with Gasteiger partial charge in [-0.05, 0) is 34.6 Å². The van der Waals surface area contributed by atoms with Crippen molar-refractivity contribution in [2.45, 2.75) is 14.4 Å². The van der Waals surface area contributed by atoms with Gasteiger partial charge >= 0.3 is 0 Å². The third-order valence-corrected chi connectivity index (χ3v) is 7.94. The van der Waals surface area contributed by atoms with E-state index in [1.165, 1.54) is 57.8 Å². The number of fused-ring (bicyclic) bond motifs is 1. The largest absolute Gasteiger partial charge is 0.276 e. The van der Waals surface area contributed by atoms with Crippen LogP contribution in [-0.2, 0) is 10.5 Å². The van der Waals surface area contributed by atoms with Crippen LogP contribution in [0.1, 0.15) is 11.1 Å². The standard InChI is InChI=1S/C24H19N5O3S3/c30-22(26-25-14-6-11-18-8-2-4-13-21(18)29(31)32)16-34-24-28-27-23(35-24)33-15-19-10-5-9-17-7-1-3-12-20(17)19/h1-14H,15-16H2,(H,26,30)/b11-6+,25-14?. The van der Waals surface area contributed by atoms with Crippen LogP contribution in [-0.4, -0.2) is 33.0 Å². The lowest BCUT2D eigenvalue weighted by atomic mass is 10.1. The summed E-state index contributed by atoms with van der Waals surface area (Å²) in [6.07, 6.45) is 4.45. The maximum Gasteiger partial charge on any atom is 0.276 e. The fraction of sp³-hybridized carbons (Fsp3) is 0.0833. The van der Waals surface area contributed by atoms with Gasteiger partial charge < -0.3 is 0 Å². The van der Waals surface area contributed by atoms with E-state index >= 15 is 0 Å². The van der Waals surface area contributed by atoms with Crippen molar-refractivity contribution < 1.29 is 9.72 Å². The number of carbonyl (C=O) groups excluding carboxylic acids is 1. The van der Waals surface area contributed by atoms with E-state index < -0.39 is 4.92 Å². The smallest absolute Gasteiger partial charge is 0.272 e. The molecule has 0 bridgehead atoms. The van der Waals surface area contributed by atoms with Gasteiger partial charge in [0.2, 0.25) is 0 Å². The van der Waals surface area contributed by atoms with E-state index in [0.717, 1.165) is 10.1 Å². The molecule has 0 atom stereocenters. The van der Waals surface area contributed by atoms with Crippen LogP contribution in [0.3, 0.4) is 0 Å². The number of rotatable bonds is 10. The van der Waals surface area contributed by atoms with Crippen LogP contribution >= 0.6 is 34.9 Å². The summed E-state index contributed by atoms with van der Waals surface area (Å²) in [6.45, 7) is 0. The molecule has 3 aromatic carbocycles. The molecule has 176 valence electrons. The molecular formula is C24H19N5O3S3. The molecule has 0 fully saturated rings. The molecule has 0 aliphatic rings. The van der Waals surface area contributed by atoms with Crippen molar-refractivity contribution in [3.63, 3.8) is 0 Å². The molecule has 0 spiro atoms. The highest BCUT2D eigenvalue weighted by Crippen LogP contribution is 2.32. The van der Waals surface area contributed by atoms with Crippen molar-refractivity contribution in [2.75, 3.05) is 5.75 Å². The van der Waals surface area contributed by atoms with Crippen LogP contribution in [0.4, 0.5) is 5.69 Å². The zero-order chi connectivity index (χ0) is 24.5. The minimum atomic E-state index is -0.448. The first-order valence-electron chi connectivity index (χ1n) is 10.4. The molecule has 0 aliphatic heterocycles. The van der Waals surface area contributed by atoms with Crippen LogP contribution in [0.5, 0.6) is 0 Å². The zero-order valence-electron chi connectivity index (χ0n) is 18.2. The normalized spacial score (nSPS) is 11.4. The lowest BCUT2D eigenvalue weighted by Gasteiger charge is -2.04. The molecule has 11 heteroatoms. The number of hydrogen-bond acceptors (Lipinski definition) is 9. The average Bonchev–Trinajstić information content (AvgIpc) is 3.34. The van der Waals surface area contributed by atoms with Gasteiger partial charge in [-0.1, -0.05) is 89.5 Å². The van der Waals surface area contributed by atoms with Gasteiger partial charge in [-0.3, -0.25) is 14.9 Å². The number of hydrogen-bond donors (Lipinski definition) is 1. The monoisotopic (exact) mass is 521 g/mol. The van der Waals surface area contributed by atoms with E-state index in [9.17, 15) is 14.9 Å². The zero-order valence-corrected chi connectivity index (χ0v) is 20.7. The maximum atomic E-state index is 12.0. The Kier molecular flexibility index (Phi) is 8.60. The maximum absolute atomic E-state index is 12.0. The van der Waals surface area contributed by atoms with E-state index in [1.807, 2.05) is 12.1 Å². The summed E-state index contributed by atoms with van der Waals surface area (Å²) >= 11 is 4.37. The molecule has 1 heterocycles. The highest BCUT2D eigenvalue weighted by molar-refractivity contribution is 8.03. The van der Waals surface area contributed by atoms with E-state index in [-0.39, 0.29) is 17.3 Å². The number of nitrogens with zero attached hydrogens (tertiary/aromatic N) is 4. The van der Waals surface area contributed by atoms with Gasteiger partial charge in [-0.15, -0.1) is 10.2 Å². The van der Waals surface area contributed by atoms with Gasteiger partial charge in [0.25, 0.3) is 11.6 Å². The fourth-order valence-electron chi connectivity index (χ4n) is 3.12. The van der Waals surface area contributed by atoms with E-state index in [4.69, 9.17) is 0 Å². The van der Waals surface area contributed by atoms with E-state index in [2.05, 4.69) is 51.1 Å². The number of hydrazone groups is 1. The number of nitro groups is 1. The number of aromatic nitrogens is 2. The Hall–Kier alpha value is -3.54. The van der Waals surface area contributed by atoms with Crippen LogP contribution < -0.4 is 5.43 Å². The van der Waals surface area contributed by atoms with Crippen LogP contribution in [0.25, 0.3) is 16.8 Å². The minimum Gasteiger partial charge on any atom is -0.272 e. The Labute approximate surface area is 213 Å². The van der Waals surface area contributed by atoms with Crippen LogP contribution in [0.15, 0.2) is 86.6 Å². The third kappa shape index (κ3) is 6.98. The summed E-state index contributed by atoms with van der Waals surface area (Å²) < 4.78 is 1.56. The molecular weight excluding hydrogens is 502 g/mol. The van der Waals surface area contributed by atoms with Crippen molar-refractivity contribution in [1.82, 2.24) is 15.6 Å². The molecule has 0 saturated carbocycles. The topological polar surface area (TPSA) is 110 Å². The molecule has 0 aliphatic carbocycles. The van der Waals surface area contributed by atoms with Gasteiger partial charge in [0, 0.05) is 18.0 Å². The van der Waals surface area contributed by atoms with Gasteiger partial charge in [0.1, 0.15) is 0 Å². The molecule has 8 nitrogen and oxygen atoms in total. The van der Waals surface area contributed by atoms with Crippen molar-refractivity contribution in [3.05, 3.63) is 94.0 Å². The Bertz CT molecular complexity index is 1400. The number of carbonyl (C=O) groups is 1. The lowest BCUT2D eigenvalue weighted by Crippen LogP contribution is -2.19. The molecule has 4 aromatic rings. The molecule has 4 rings (SSSR count). The Morgan fingerprint density at radius 2 is 1.77 bits per heavy atom. The van der Waals surface area contributed by atoms with Crippen molar-refractivity contribution >= 4 is 69.5 Å². The fourth-order valence-corrected chi connectivity index (χ4v) is 5.94. The van der Waals surface area contributed by atoms with E-state index in [1.54, 1.807) is 36.0 Å². The Morgan fingerprint density at radius 1 is 1.03 bits per heavy atom. The second kappa shape index (κ2) is 12.2. The second-order valence-electron chi connectivity index (χ2n) is 7.04. The minimum absolute atomic E-state index is 0.00398. The predicted octanol–water partition coefficient (Wildman–Crippen LogP) is 5.80. The molecule has 0 unspecified atom stereocenters. The average molecular weight is 522 g/mol. The van der Waals surface area contributed by atoms with E-state index in [0.29, 0.717) is 9.90 Å². The lowest BCUT2D eigenvalue weighted by molar-refractivity contribution is -0.385. The van der Waals surface area contributed by atoms with Crippen molar-refractivity contribution in [1.29, 1.82) is 0 Å². The number of nitro benzene ring substituents is 1. The quantitative estimate of drug-likeness (QED) is 0.122. The third-order valence-electron chi connectivity index (χ3n) is 4.70. The summed E-state index contributed by atoms with van der Waals surface area (Å²) in [6, 6.07) is 20.9. The van der Waals surface area contributed by atoms with Crippen LogP contribution in [0.2, 0.25) is 0 Å². The summed E-state index contributed by atoms with van der Waals surface area (Å²) in [7, 11) is 0. The molecule has 35 heavy (non-hydrogen) atoms. The molecule has 1 aromatic heterocycles. The number of benzene rings is 3. The first kappa shape index (κ1) is 24.6. The molecule has 1 N–H and O–H groups in total. The molecule has 0 radical (unpaired) electrons. The number of nitrogens with one attached hydrogen (secondary N) is 1. The highest BCUT2D eigenvalue weighted by atomic mass is 32.2. The number of amides is 1. The Balaban J connectivity index is 1.22. The van der Waals surface area contributed by atoms with Crippen molar-refractivity contribution in [2.24, 2.45) is 5.10 Å². The van der Waals surface area contributed by atoms with Gasteiger partial charge in [0.05, 0.1) is 16.2 Å².